The molecule has 2 unspecified atom stereocenters. The van der Waals surface area contributed by atoms with Crippen LogP contribution in [-0.4, -0.2) is 17.6 Å². The van der Waals surface area contributed by atoms with E-state index in [1.165, 1.54) is 19.3 Å². The van der Waals surface area contributed by atoms with E-state index in [1.54, 1.807) is 0 Å². The van der Waals surface area contributed by atoms with Crippen LogP contribution in [0.5, 0.6) is 0 Å². The van der Waals surface area contributed by atoms with E-state index in [9.17, 15) is 4.79 Å². The minimum Gasteiger partial charge on any atom is -0.461 e. The van der Waals surface area contributed by atoms with Crippen molar-refractivity contribution in [1.29, 1.82) is 0 Å². The van der Waals surface area contributed by atoms with Crippen molar-refractivity contribution >= 4 is 5.97 Å². The van der Waals surface area contributed by atoms with Gasteiger partial charge in [0.05, 0.1) is 0 Å². The maximum Gasteiger partial charge on any atom is 0.326 e. The van der Waals surface area contributed by atoms with Gasteiger partial charge in [0.1, 0.15) is 11.6 Å². The van der Waals surface area contributed by atoms with E-state index >= 15 is 0 Å². The van der Waals surface area contributed by atoms with E-state index in [0.29, 0.717) is 0 Å². The zero-order valence-electron chi connectivity index (χ0n) is 10.9. The van der Waals surface area contributed by atoms with Crippen LogP contribution in [-0.2, 0) is 9.53 Å². The summed E-state index contributed by atoms with van der Waals surface area (Å²) in [6.07, 6.45) is 9.60. The largest absolute Gasteiger partial charge is 0.461 e. The molecule has 2 aliphatic carbocycles. The van der Waals surface area contributed by atoms with Crippen molar-refractivity contribution in [2.24, 2.45) is 11.7 Å². The molecule has 2 fully saturated rings. The van der Waals surface area contributed by atoms with Crippen molar-refractivity contribution in [3.63, 3.8) is 0 Å². The Labute approximate surface area is 104 Å². The highest BCUT2D eigenvalue weighted by atomic mass is 16.5. The molecule has 0 aliphatic heterocycles. The van der Waals surface area contributed by atoms with Gasteiger partial charge in [0.25, 0.3) is 0 Å². The van der Waals surface area contributed by atoms with Crippen LogP contribution in [0.25, 0.3) is 0 Å². The monoisotopic (exact) mass is 239 g/mol. The standard InChI is InChI=1S/C14H25NO2/c1-2-11-6-5-7-12(10-11)17-13(16)14(15)8-3-4-9-14/h11-12H,2-10,15H2,1H3. The number of hydrogen-bond donors (Lipinski definition) is 1. The van der Waals surface area contributed by atoms with Crippen molar-refractivity contribution in [2.75, 3.05) is 0 Å². The summed E-state index contributed by atoms with van der Waals surface area (Å²) in [4.78, 5) is 12.1. The lowest BCUT2D eigenvalue weighted by Crippen LogP contribution is -2.48. The number of rotatable bonds is 3. The van der Waals surface area contributed by atoms with Gasteiger partial charge in [-0.3, -0.25) is 4.79 Å². The van der Waals surface area contributed by atoms with Crippen molar-refractivity contribution in [3.8, 4) is 0 Å². The Morgan fingerprint density at radius 2 is 2.00 bits per heavy atom. The molecule has 0 radical (unpaired) electrons. The first-order chi connectivity index (χ1) is 8.14. The van der Waals surface area contributed by atoms with Crippen LogP contribution in [0.1, 0.15) is 64.7 Å². The molecule has 0 aromatic carbocycles. The third kappa shape index (κ3) is 3.01. The fraction of sp³-hybridized carbons (Fsp3) is 0.929. The maximum absolute atomic E-state index is 12.1. The first kappa shape index (κ1) is 12.9. The molecule has 2 rings (SSSR count). The van der Waals surface area contributed by atoms with Crippen molar-refractivity contribution in [2.45, 2.75) is 76.4 Å². The lowest BCUT2D eigenvalue weighted by molar-refractivity contribution is -0.157. The van der Waals surface area contributed by atoms with Crippen molar-refractivity contribution in [1.82, 2.24) is 0 Å². The summed E-state index contributed by atoms with van der Waals surface area (Å²) < 4.78 is 5.65. The van der Waals surface area contributed by atoms with Gasteiger partial charge in [-0.2, -0.15) is 0 Å². The average Bonchev–Trinajstić information content (AvgIpc) is 2.78. The molecule has 2 atom stereocenters. The molecular formula is C14H25NO2. The first-order valence-corrected chi connectivity index (χ1v) is 7.14. The highest BCUT2D eigenvalue weighted by Gasteiger charge is 2.40. The number of hydrogen-bond acceptors (Lipinski definition) is 3. The summed E-state index contributed by atoms with van der Waals surface area (Å²) in [5.74, 6) is 0.593. The second kappa shape index (κ2) is 5.38. The molecule has 0 aromatic rings. The number of carbonyl (C=O) groups is 1. The summed E-state index contributed by atoms with van der Waals surface area (Å²) in [7, 11) is 0. The van der Waals surface area contributed by atoms with Gasteiger partial charge in [-0.25, -0.2) is 0 Å². The van der Waals surface area contributed by atoms with E-state index in [1.807, 2.05) is 0 Å². The summed E-state index contributed by atoms with van der Waals surface area (Å²) in [5, 5.41) is 0. The minimum atomic E-state index is -0.668. The Balaban J connectivity index is 1.85. The molecule has 0 spiro atoms. The SMILES string of the molecule is CCC1CCCC(OC(=O)C2(N)CCCC2)C1. The molecular weight excluding hydrogens is 214 g/mol. The quantitative estimate of drug-likeness (QED) is 0.770. The molecule has 3 heteroatoms. The number of carbonyl (C=O) groups excluding carboxylic acids is 1. The van der Waals surface area contributed by atoms with Crippen molar-refractivity contribution < 1.29 is 9.53 Å². The normalized spacial score (nSPS) is 32.4. The number of ether oxygens (including phenoxy) is 1. The highest BCUT2D eigenvalue weighted by molar-refractivity contribution is 5.81. The van der Waals surface area contributed by atoms with Crippen LogP contribution in [0.15, 0.2) is 0 Å². The Morgan fingerprint density at radius 1 is 1.29 bits per heavy atom. The molecule has 2 saturated carbocycles. The third-order valence-corrected chi connectivity index (χ3v) is 4.49. The van der Waals surface area contributed by atoms with Gasteiger partial charge in [-0.15, -0.1) is 0 Å². The molecule has 0 heterocycles. The summed E-state index contributed by atoms with van der Waals surface area (Å²) in [5.41, 5.74) is 5.44. The van der Waals surface area contributed by atoms with Crippen LogP contribution < -0.4 is 5.73 Å². The van der Waals surface area contributed by atoms with Gasteiger partial charge in [0, 0.05) is 0 Å². The molecule has 0 bridgehead atoms. The second-order valence-corrected chi connectivity index (χ2v) is 5.83. The topological polar surface area (TPSA) is 52.3 Å². The lowest BCUT2D eigenvalue weighted by Gasteiger charge is -2.31. The molecule has 0 saturated heterocycles. The molecule has 2 N–H and O–H groups in total. The summed E-state index contributed by atoms with van der Waals surface area (Å²) in [6, 6.07) is 0. The third-order valence-electron chi connectivity index (χ3n) is 4.49. The van der Waals surface area contributed by atoms with Crippen LogP contribution >= 0.6 is 0 Å². The Morgan fingerprint density at radius 3 is 2.65 bits per heavy atom. The summed E-state index contributed by atoms with van der Waals surface area (Å²) >= 11 is 0. The number of esters is 1. The molecule has 3 nitrogen and oxygen atoms in total. The molecule has 2 aliphatic rings. The summed E-state index contributed by atoms with van der Waals surface area (Å²) in [6.45, 7) is 2.22. The maximum atomic E-state index is 12.1. The van der Waals surface area contributed by atoms with Gasteiger partial charge < -0.3 is 10.5 Å². The van der Waals surface area contributed by atoms with E-state index in [2.05, 4.69) is 6.92 Å². The predicted octanol–water partition coefficient (Wildman–Crippen LogP) is 2.77. The fourth-order valence-electron chi connectivity index (χ4n) is 3.20. The average molecular weight is 239 g/mol. The van der Waals surface area contributed by atoms with Crippen LogP contribution in [0, 0.1) is 5.92 Å². The van der Waals surface area contributed by atoms with Crippen LogP contribution in [0.3, 0.4) is 0 Å². The molecule has 98 valence electrons. The van der Waals surface area contributed by atoms with Crippen LogP contribution in [0.2, 0.25) is 0 Å². The lowest BCUT2D eigenvalue weighted by atomic mass is 9.85. The van der Waals surface area contributed by atoms with E-state index in [0.717, 1.165) is 44.4 Å². The van der Waals surface area contributed by atoms with E-state index in [-0.39, 0.29) is 12.1 Å². The zero-order valence-corrected chi connectivity index (χ0v) is 10.9. The molecule has 17 heavy (non-hydrogen) atoms. The van der Waals surface area contributed by atoms with E-state index in [4.69, 9.17) is 10.5 Å². The second-order valence-electron chi connectivity index (χ2n) is 5.83. The molecule has 0 amide bonds. The number of nitrogens with two attached hydrogens (primary N) is 1. The Kier molecular flexibility index (Phi) is 4.08. The van der Waals surface area contributed by atoms with Gasteiger partial charge in [-0.1, -0.05) is 32.6 Å². The zero-order chi connectivity index (χ0) is 12.3. The smallest absolute Gasteiger partial charge is 0.326 e. The van der Waals surface area contributed by atoms with Crippen LogP contribution in [0.4, 0.5) is 0 Å². The van der Waals surface area contributed by atoms with Gasteiger partial charge in [0.2, 0.25) is 0 Å². The minimum absolute atomic E-state index is 0.127. The van der Waals surface area contributed by atoms with E-state index < -0.39 is 5.54 Å². The van der Waals surface area contributed by atoms with Gasteiger partial charge in [0.15, 0.2) is 0 Å². The first-order valence-electron chi connectivity index (χ1n) is 7.14. The van der Waals surface area contributed by atoms with Gasteiger partial charge in [-0.05, 0) is 38.0 Å². The highest BCUT2D eigenvalue weighted by Crippen LogP contribution is 2.32. The fourth-order valence-corrected chi connectivity index (χ4v) is 3.20. The molecule has 0 aromatic heterocycles. The Bertz CT molecular complexity index is 271. The Hall–Kier alpha value is -0.570. The van der Waals surface area contributed by atoms with Gasteiger partial charge >= 0.3 is 5.97 Å². The van der Waals surface area contributed by atoms with Crippen molar-refractivity contribution in [3.05, 3.63) is 0 Å². The predicted molar refractivity (Wildman–Crippen MR) is 67.5 cm³/mol.